The number of carbonyl (C=O) groups is 1. The van der Waals surface area contributed by atoms with Gasteiger partial charge in [0.05, 0.1) is 42.0 Å². The van der Waals surface area contributed by atoms with Crippen LogP contribution in [0.2, 0.25) is 0 Å². The number of amides is 1. The molecule has 4 aromatic heterocycles. The topological polar surface area (TPSA) is 129 Å². The summed E-state index contributed by atoms with van der Waals surface area (Å²) in [7, 11) is 3.31. The molecule has 6 heterocycles. The van der Waals surface area contributed by atoms with Crippen LogP contribution in [0.3, 0.4) is 0 Å². The number of rotatable bonds is 3. The minimum absolute atomic E-state index is 0.0512. The number of methoxy groups -OCH3 is 1. The van der Waals surface area contributed by atoms with Gasteiger partial charge in [-0.15, -0.1) is 0 Å². The van der Waals surface area contributed by atoms with Gasteiger partial charge >= 0.3 is 6.01 Å². The number of imidazole rings is 1. The Morgan fingerprint density at radius 1 is 1.04 bits per heavy atom. The van der Waals surface area contributed by atoms with Crippen molar-refractivity contribution in [1.82, 2.24) is 44.2 Å². The van der Waals surface area contributed by atoms with Gasteiger partial charge in [-0.2, -0.15) is 10.1 Å². The Morgan fingerprint density at radius 2 is 1.92 bits per heavy atom. The van der Waals surface area contributed by atoms with Crippen LogP contribution in [0.1, 0.15) is 19.2 Å². The summed E-state index contributed by atoms with van der Waals surface area (Å²) in [6.07, 6.45) is 4.78. The van der Waals surface area contributed by atoms with Gasteiger partial charge in [-0.1, -0.05) is 19.1 Å². The van der Waals surface area contributed by atoms with E-state index in [1.54, 1.807) is 28.0 Å². The summed E-state index contributed by atoms with van der Waals surface area (Å²) >= 11 is 0. The number of hydrogen-bond acceptors (Lipinski definition) is 10. The SMILES string of the molecule is COc1cc(F)ccc1-n1ncc2c(N3C[C@@H]4C[C@H]3C(=O)N(C)C[C@H](C)Cn3c(C)nc5cccc(c53)-c3ccnc(n3)O4)ncnc21. The van der Waals surface area contributed by atoms with Crippen LogP contribution in [0.25, 0.3) is 39.0 Å². The smallest absolute Gasteiger partial charge is 0.317 e. The predicted octanol–water partition coefficient (Wildman–Crippen LogP) is 4.21. The lowest BCUT2D eigenvalue weighted by molar-refractivity contribution is -0.131. The van der Waals surface area contributed by atoms with Crippen molar-refractivity contribution in [3.63, 3.8) is 0 Å². The van der Waals surface area contributed by atoms with E-state index in [0.29, 0.717) is 54.3 Å². The number of para-hydroxylation sites is 1. The highest BCUT2D eigenvalue weighted by atomic mass is 19.1. The van der Waals surface area contributed by atoms with Crippen molar-refractivity contribution in [2.75, 3.05) is 32.1 Å². The average Bonchev–Trinajstić information content (AvgIpc) is 3.79. The Bertz CT molecular complexity index is 2200. The molecule has 6 aromatic rings. The molecule has 8 rings (SSSR count). The highest BCUT2D eigenvalue weighted by Crippen LogP contribution is 2.35. The van der Waals surface area contributed by atoms with E-state index in [2.05, 4.69) is 31.5 Å². The molecule has 1 saturated heterocycles. The number of hydrogen-bond donors (Lipinski definition) is 0. The lowest BCUT2D eigenvalue weighted by Gasteiger charge is -2.30. The highest BCUT2D eigenvalue weighted by Gasteiger charge is 2.42. The fourth-order valence-corrected chi connectivity index (χ4v) is 7.02. The van der Waals surface area contributed by atoms with E-state index in [0.717, 1.165) is 28.1 Å². The number of likely N-dealkylation sites (N-methyl/N-ethyl adjacent to an activating group) is 1. The summed E-state index contributed by atoms with van der Waals surface area (Å²) in [4.78, 5) is 41.3. The highest BCUT2D eigenvalue weighted by molar-refractivity contribution is 5.93. The van der Waals surface area contributed by atoms with Gasteiger partial charge < -0.3 is 23.8 Å². The average molecular weight is 649 g/mol. The second-order valence-corrected chi connectivity index (χ2v) is 12.4. The van der Waals surface area contributed by atoms with Gasteiger partial charge in [0.15, 0.2) is 5.65 Å². The van der Waals surface area contributed by atoms with Crippen LogP contribution in [0, 0.1) is 18.7 Å². The van der Waals surface area contributed by atoms with Crippen molar-refractivity contribution in [3.05, 3.63) is 72.8 Å². The van der Waals surface area contributed by atoms with Gasteiger partial charge in [0.1, 0.15) is 47.4 Å². The monoisotopic (exact) mass is 648 g/mol. The maximum atomic E-state index is 14.3. The Kier molecular flexibility index (Phi) is 7.15. The Hall–Kier alpha value is -5.66. The van der Waals surface area contributed by atoms with E-state index in [1.165, 1.54) is 25.6 Å². The van der Waals surface area contributed by atoms with Gasteiger partial charge in [0.2, 0.25) is 5.91 Å². The molecule has 2 aromatic carbocycles. The van der Waals surface area contributed by atoms with E-state index in [1.807, 2.05) is 43.1 Å². The molecular formula is C34H33FN10O3. The summed E-state index contributed by atoms with van der Waals surface area (Å²) in [5.41, 5.74) is 4.56. The van der Waals surface area contributed by atoms with Gasteiger partial charge in [0.25, 0.3) is 0 Å². The number of benzene rings is 2. The first-order valence-electron chi connectivity index (χ1n) is 15.8. The van der Waals surface area contributed by atoms with Crippen LogP contribution in [-0.2, 0) is 11.3 Å². The molecule has 3 atom stereocenters. The summed E-state index contributed by atoms with van der Waals surface area (Å²) in [5, 5.41) is 5.20. The molecule has 244 valence electrons. The maximum absolute atomic E-state index is 14.3. The number of anilines is 1. The minimum atomic E-state index is -0.582. The number of aromatic nitrogens is 8. The molecule has 0 N–H and O–H groups in total. The zero-order valence-electron chi connectivity index (χ0n) is 26.9. The first-order valence-corrected chi connectivity index (χ1v) is 15.8. The Labute approximate surface area is 275 Å². The lowest BCUT2D eigenvalue weighted by Crippen LogP contribution is -2.46. The van der Waals surface area contributed by atoms with Crippen molar-refractivity contribution >= 4 is 33.8 Å². The number of nitrogens with zero attached hydrogens (tertiary/aromatic N) is 10. The third kappa shape index (κ3) is 4.95. The summed E-state index contributed by atoms with van der Waals surface area (Å²) in [6, 6.07) is 11.8. The van der Waals surface area contributed by atoms with Crippen molar-refractivity contribution in [1.29, 1.82) is 0 Å². The van der Waals surface area contributed by atoms with Crippen LogP contribution < -0.4 is 14.4 Å². The number of ether oxygens (including phenoxy) is 2. The third-order valence-electron chi connectivity index (χ3n) is 9.13. The Morgan fingerprint density at radius 3 is 2.77 bits per heavy atom. The zero-order chi connectivity index (χ0) is 33.1. The van der Waals surface area contributed by atoms with Gasteiger partial charge in [-0.25, -0.2) is 29.0 Å². The van der Waals surface area contributed by atoms with E-state index >= 15 is 0 Å². The largest absolute Gasteiger partial charge is 0.494 e. The maximum Gasteiger partial charge on any atom is 0.317 e. The van der Waals surface area contributed by atoms with Gasteiger partial charge in [-0.05, 0) is 37.1 Å². The van der Waals surface area contributed by atoms with Gasteiger partial charge in [0, 0.05) is 44.4 Å². The number of aryl methyl sites for hydroxylation is 1. The summed E-state index contributed by atoms with van der Waals surface area (Å²) < 4.78 is 29.6. The van der Waals surface area contributed by atoms with Crippen LogP contribution in [0.15, 0.2) is 61.2 Å². The molecule has 1 fully saturated rings. The fourth-order valence-electron chi connectivity index (χ4n) is 7.02. The van der Waals surface area contributed by atoms with Crippen LogP contribution in [0.5, 0.6) is 11.8 Å². The molecular weight excluding hydrogens is 615 g/mol. The molecule has 2 aliphatic heterocycles. The molecule has 13 nitrogen and oxygen atoms in total. The molecule has 0 radical (unpaired) electrons. The van der Waals surface area contributed by atoms with Gasteiger partial charge in [-0.3, -0.25) is 4.79 Å². The number of halogens is 1. The minimum Gasteiger partial charge on any atom is -0.494 e. The van der Waals surface area contributed by atoms with Crippen molar-refractivity contribution in [2.45, 2.75) is 39.0 Å². The number of fused-ring (bicyclic) bond motifs is 6. The second-order valence-electron chi connectivity index (χ2n) is 12.4. The van der Waals surface area contributed by atoms with E-state index < -0.39 is 18.0 Å². The third-order valence-corrected chi connectivity index (χ3v) is 9.13. The molecule has 48 heavy (non-hydrogen) atoms. The first kappa shape index (κ1) is 29.7. The van der Waals surface area contributed by atoms with Crippen LogP contribution in [0.4, 0.5) is 10.2 Å². The number of carbonyl (C=O) groups excluding carboxylic acids is 1. The molecule has 0 unspecified atom stereocenters. The van der Waals surface area contributed by atoms with E-state index in [9.17, 15) is 9.18 Å². The zero-order valence-corrected chi connectivity index (χ0v) is 26.9. The standard InChI is InChI=1S/C34H33FN10O3/c1-19-15-42(3)33(46)28-13-22(48-34-36-11-10-25(41-34)23-6-5-7-26-30(23)43(16-19)20(2)40-26)17-44(28)31-24-14-39-45(32(24)38-18-37-31)27-9-8-21(35)12-29(27)47-4/h5-12,14,18-19,22,28H,13,15-17H2,1-4H3/t19-,22-,28-/m0/s1. The fraction of sp³-hybridized carbons (Fsp3) is 0.324. The van der Waals surface area contributed by atoms with Crippen molar-refractivity contribution < 1.29 is 18.7 Å². The second kappa shape index (κ2) is 11.5. The van der Waals surface area contributed by atoms with Crippen molar-refractivity contribution in [2.24, 2.45) is 5.92 Å². The molecule has 1 amide bonds. The molecule has 14 heteroatoms. The lowest BCUT2D eigenvalue weighted by atomic mass is 10.1. The van der Waals surface area contributed by atoms with Crippen LogP contribution >= 0.6 is 0 Å². The molecule has 2 aliphatic rings. The molecule has 0 spiro atoms. The molecule has 0 aliphatic carbocycles. The summed E-state index contributed by atoms with van der Waals surface area (Å²) in [5.74, 6) is 1.38. The normalized spacial score (nSPS) is 19.8. The van der Waals surface area contributed by atoms with E-state index in [-0.39, 0.29) is 17.8 Å². The van der Waals surface area contributed by atoms with Crippen LogP contribution in [-0.4, -0.2) is 89.5 Å². The molecule has 0 saturated carbocycles. The summed E-state index contributed by atoms with van der Waals surface area (Å²) in [6.45, 7) is 5.70. The quantitative estimate of drug-likeness (QED) is 0.275. The van der Waals surface area contributed by atoms with E-state index in [4.69, 9.17) is 19.4 Å². The predicted molar refractivity (Wildman–Crippen MR) is 176 cm³/mol. The first-order chi connectivity index (χ1) is 23.3. The van der Waals surface area contributed by atoms with Crippen molar-refractivity contribution in [3.8, 4) is 28.7 Å². The molecule has 4 bridgehead atoms. The Balaban J connectivity index is 1.21.